The van der Waals surface area contributed by atoms with Gasteiger partial charge in [0.1, 0.15) is 5.82 Å². The van der Waals surface area contributed by atoms with Gasteiger partial charge in [-0.3, -0.25) is 0 Å². The summed E-state index contributed by atoms with van der Waals surface area (Å²) in [4.78, 5) is 20.4. The van der Waals surface area contributed by atoms with Crippen molar-refractivity contribution in [3.63, 3.8) is 0 Å². The molecule has 1 aromatic heterocycles. The number of nitrogens with zero attached hydrogens (tertiary/aromatic N) is 3. The van der Waals surface area contributed by atoms with E-state index in [1.807, 2.05) is 12.1 Å². The number of rotatable bonds is 3. The Morgan fingerprint density at radius 2 is 2.19 bits per heavy atom. The molecule has 1 aliphatic rings. The van der Waals surface area contributed by atoms with Gasteiger partial charge in [0, 0.05) is 24.8 Å². The van der Waals surface area contributed by atoms with Gasteiger partial charge in [-0.1, -0.05) is 6.07 Å². The van der Waals surface area contributed by atoms with Crippen molar-refractivity contribution in [2.45, 2.75) is 25.8 Å². The molecule has 1 saturated heterocycles. The maximum atomic E-state index is 10.1. The van der Waals surface area contributed by atoms with Crippen LogP contribution in [0.1, 0.15) is 24.8 Å². The summed E-state index contributed by atoms with van der Waals surface area (Å²) in [5.74, 6) is 0.973. The molecule has 1 aliphatic heterocycles. The van der Waals surface area contributed by atoms with E-state index in [0.717, 1.165) is 24.5 Å². The summed E-state index contributed by atoms with van der Waals surface area (Å²) in [5, 5.41) is 0. The summed E-state index contributed by atoms with van der Waals surface area (Å²) in [6.07, 6.45) is 7.09. The van der Waals surface area contributed by atoms with E-state index in [1.165, 1.54) is 19.3 Å². The number of isocyanates is 1. The highest BCUT2D eigenvalue weighted by Gasteiger charge is 2.14. The van der Waals surface area contributed by atoms with Crippen LogP contribution in [0.25, 0.3) is 0 Å². The van der Waals surface area contributed by atoms with Gasteiger partial charge in [0.2, 0.25) is 6.08 Å². The van der Waals surface area contributed by atoms with Gasteiger partial charge in [0.05, 0.1) is 6.54 Å². The molecule has 0 spiro atoms. The smallest absolute Gasteiger partial charge is 0.235 e. The minimum atomic E-state index is 0.378. The van der Waals surface area contributed by atoms with Crippen molar-refractivity contribution in [2.75, 3.05) is 18.0 Å². The molecule has 0 bridgehead atoms. The molecule has 0 amide bonds. The minimum Gasteiger partial charge on any atom is -0.356 e. The lowest BCUT2D eigenvalue weighted by Crippen LogP contribution is -2.30. The maximum Gasteiger partial charge on any atom is 0.235 e. The monoisotopic (exact) mass is 217 g/mol. The van der Waals surface area contributed by atoms with Crippen molar-refractivity contribution in [2.24, 2.45) is 4.99 Å². The van der Waals surface area contributed by atoms with Crippen LogP contribution in [-0.4, -0.2) is 24.2 Å². The molecule has 84 valence electrons. The van der Waals surface area contributed by atoms with E-state index in [0.29, 0.717) is 6.54 Å². The van der Waals surface area contributed by atoms with Crippen molar-refractivity contribution in [1.82, 2.24) is 4.98 Å². The molecule has 0 radical (unpaired) electrons. The van der Waals surface area contributed by atoms with Crippen LogP contribution in [0.4, 0.5) is 5.82 Å². The van der Waals surface area contributed by atoms with Gasteiger partial charge in [0.25, 0.3) is 0 Å². The Morgan fingerprint density at radius 1 is 1.38 bits per heavy atom. The van der Waals surface area contributed by atoms with Crippen LogP contribution in [0.3, 0.4) is 0 Å². The Bertz CT molecular complexity index is 393. The third kappa shape index (κ3) is 2.47. The van der Waals surface area contributed by atoms with Crippen molar-refractivity contribution < 1.29 is 4.79 Å². The Labute approximate surface area is 95.0 Å². The zero-order chi connectivity index (χ0) is 11.2. The average Bonchev–Trinajstić information content (AvgIpc) is 2.38. The number of piperidine rings is 1. The van der Waals surface area contributed by atoms with Crippen LogP contribution in [0, 0.1) is 0 Å². The summed E-state index contributed by atoms with van der Waals surface area (Å²) in [6.45, 7) is 2.48. The topological polar surface area (TPSA) is 45.6 Å². The second-order valence-electron chi connectivity index (χ2n) is 3.94. The number of pyridine rings is 1. The third-order valence-corrected chi connectivity index (χ3v) is 2.84. The number of aliphatic imine (C=N–C) groups is 1. The normalized spacial score (nSPS) is 15.6. The lowest BCUT2D eigenvalue weighted by molar-refractivity contribution is 0.562. The van der Waals surface area contributed by atoms with Gasteiger partial charge in [-0.25, -0.2) is 14.8 Å². The molecule has 16 heavy (non-hydrogen) atoms. The Hall–Kier alpha value is -1.67. The van der Waals surface area contributed by atoms with Crippen molar-refractivity contribution >= 4 is 11.9 Å². The molecule has 1 aromatic rings. The molecule has 2 rings (SSSR count). The van der Waals surface area contributed by atoms with Crippen molar-refractivity contribution in [1.29, 1.82) is 0 Å². The SMILES string of the molecule is O=C=NCc1cccnc1N1CCCCC1. The summed E-state index contributed by atoms with van der Waals surface area (Å²) in [7, 11) is 0. The van der Waals surface area contributed by atoms with Gasteiger partial charge in [0.15, 0.2) is 0 Å². The molecule has 0 aliphatic carbocycles. The van der Waals surface area contributed by atoms with Gasteiger partial charge in [-0.05, 0) is 25.3 Å². The second-order valence-corrected chi connectivity index (χ2v) is 3.94. The molecule has 0 aromatic carbocycles. The van der Waals surface area contributed by atoms with E-state index in [1.54, 1.807) is 12.3 Å². The third-order valence-electron chi connectivity index (χ3n) is 2.84. The molecule has 0 unspecified atom stereocenters. The Kier molecular flexibility index (Phi) is 3.67. The van der Waals surface area contributed by atoms with Crippen LogP contribution in [0.15, 0.2) is 23.3 Å². The van der Waals surface area contributed by atoms with Crippen LogP contribution in [0.5, 0.6) is 0 Å². The first-order chi connectivity index (χ1) is 7.92. The first-order valence-electron chi connectivity index (χ1n) is 5.64. The standard InChI is InChI=1S/C12H15N3O/c16-10-13-9-11-5-4-6-14-12(11)15-7-2-1-3-8-15/h4-6H,1-3,7-9H2. The van der Waals surface area contributed by atoms with E-state index < -0.39 is 0 Å². The Balaban J connectivity index is 2.20. The first-order valence-corrected chi connectivity index (χ1v) is 5.64. The highest BCUT2D eigenvalue weighted by molar-refractivity contribution is 5.47. The number of anilines is 1. The highest BCUT2D eigenvalue weighted by atomic mass is 16.1. The van der Waals surface area contributed by atoms with E-state index in [-0.39, 0.29) is 0 Å². The number of carbonyl (C=O) groups excluding carboxylic acids is 1. The van der Waals surface area contributed by atoms with Gasteiger partial charge in [-0.2, -0.15) is 0 Å². The predicted octanol–water partition coefficient (Wildman–Crippen LogP) is 1.91. The molecule has 0 saturated carbocycles. The van der Waals surface area contributed by atoms with Gasteiger partial charge >= 0.3 is 0 Å². The van der Waals surface area contributed by atoms with E-state index >= 15 is 0 Å². The largest absolute Gasteiger partial charge is 0.356 e. The number of hydrogen-bond donors (Lipinski definition) is 0. The van der Waals surface area contributed by atoms with Gasteiger partial charge < -0.3 is 4.90 Å². The van der Waals surface area contributed by atoms with Crippen molar-refractivity contribution in [3.05, 3.63) is 23.9 Å². The van der Waals surface area contributed by atoms with Crippen LogP contribution in [0.2, 0.25) is 0 Å². The summed E-state index contributed by atoms with van der Waals surface area (Å²) >= 11 is 0. The average molecular weight is 217 g/mol. The van der Waals surface area contributed by atoms with Gasteiger partial charge in [-0.15, -0.1) is 0 Å². The molecular weight excluding hydrogens is 202 g/mol. The molecule has 2 heterocycles. The molecule has 0 N–H and O–H groups in total. The molecule has 4 heteroatoms. The van der Waals surface area contributed by atoms with E-state index in [4.69, 9.17) is 0 Å². The van der Waals surface area contributed by atoms with Crippen LogP contribution < -0.4 is 4.90 Å². The van der Waals surface area contributed by atoms with E-state index in [2.05, 4.69) is 14.9 Å². The lowest BCUT2D eigenvalue weighted by Gasteiger charge is -2.29. The fourth-order valence-electron chi connectivity index (χ4n) is 2.06. The molecule has 0 atom stereocenters. The lowest BCUT2D eigenvalue weighted by atomic mass is 10.1. The van der Waals surface area contributed by atoms with Crippen LogP contribution >= 0.6 is 0 Å². The van der Waals surface area contributed by atoms with E-state index in [9.17, 15) is 4.79 Å². The molecule has 1 fully saturated rings. The fraction of sp³-hybridized carbons (Fsp3) is 0.500. The maximum absolute atomic E-state index is 10.1. The number of aromatic nitrogens is 1. The second kappa shape index (κ2) is 5.42. The molecular formula is C12H15N3O. The Morgan fingerprint density at radius 3 is 2.94 bits per heavy atom. The van der Waals surface area contributed by atoms with Crippen molar-refractivity contribution in [3.8, 4) is 0 Å². The summed E-state index contributed by atoms with van der Waals surface area (Å²) < 4.78 is 0. The zero-order valence-corrected chi connectivity index (χ0v) is 9.22. The molecule has 4 nitrogen and oxygen atoms in total. The quantitative estimate of drug-likeness (QED) is 0.574. The first kappa shape index (κ1) is 10.8. The zero-order valence-electron chi connectivity index (χ0n) is 9.22. The summed E-state index contributed by atoms with van der Waals surface area (Å²) in [6, 6.07) is 3.85. The number of hydrogen-bond acceptors (Lipinski definition) is 4. The predicted molar refractivity (Wildman–Crippen MR) is 62.1 cm³/mol. The fourth-order valence-corrected chi connectivity index (χ4v) is 2.06. The minimum absolute atomic E-state index is 0.378. The highest BCUT2D eigenvalue weighted by Crippen LogP contribution is 2.21. The summed E-state index contributed by atoms with van der Waals surface area (Å²) in [5.41, 5.74) is 1.01. The van der Waals surface area contributed by atoms with Crippen LogP contribution in [-0.2, 0) is 11.3 Å².